The molecule has 20 heteroatoms. The van der Waals surface area contributed by atoms with Gasteiger partial charge in [0.15, 0.2) is 49.2 Å². The molecule has 2 heterocycles. The Bertz CT molecular complexity index is 2250. The van der Waals surface area contributed by atoms with Crippen molar-refractivity contribution in [1.82, 2.24) is 0 Å². The molecule has 2 saturated heterocycles. The van der Waals surface area contributed by atoms with Crippen molar-refractivity contribution in [3.05, 3.63) is 144 Å². The van der Waals surface area contributed by atoms with Crippen molar-refractivity contribution in [2.45, 2.75) is 89.1 Å². The minimum Gasteiger partial charge on any atom is -0.463 e. The summed E-state index contributed by atoms with van der Waals surface area (Å²) in [6.45, 7) is 2.34. The predicted octanol–water partition coefficient (Wildman–Crippen LogP) is 4.36. The molecule has 0 aromatic heterocycles. The Labute approximate surface area is 401 Å². The topological polar surface area (TPSA) is 247 Å². The van der Waals surface area contributed by atoms with Crippen molar-refractivity contribution in [2.75, 3.05) is 26.4 Å². The van der Waals surface area contributed by atoms with Gasteiger partial charge < -0.3 is 56.8 Å². The van der Waals surface area contributed by atoms with Crippen molar-refractivity contribution in [3.63, 3.8) is 0 Å². The maximum absolute atomic E-state index is 13.7. The molecule has 4 aromatic carbocycles. The molecule has 0 unspecified atom stereocenters. The van der Waals surface area contributed by atoms with E-state index in [4.69, 9.17) is 56.8 Å². The van der Waals surface area contributed by atoms with E-state index in [1.54, 1.807) is 72.8 Å². The average molecular weight is 971 g/mol. The number of benzene rings is 4. The fourth-order valence-electron chi connectivity index (χ4n) is 7.27. The Hall–Kier alpha value is -7.52. The molecule has 0 amide bonds. The lowest BCUT2D eigenvalue weighted by Gasteiger charge is -2.45. The van der Waals surface area contributed by atoms with Crippen molar-refractivity contribution in [3.8, 4) is 0 Å². The number of rotatable bonds is 19. The second-order valence-corrected chi connectivity index (χ2v) is 15.5. The van der Waals surface area contributed by atoms with E-state index < -0.39 is 136 Å². The largest absolute Gasteiger partial charge is 0.463 e. The first-order chi connectivity index (χ1) is 33.7. The van der Waals surface area contributed by atoms with Gasteiger partial charge >= 0.3 is 47.8 Å². The van der Waals surface area contributed by atoms with Crippen LogP contribution in [0.1, 0.15) is 69.1 Å². The summed E-state index contributed by atoms with van der Waals surface area (Å²) in [4.78, 5) is 104. The summed E-state index contributed by atoms with van der Waals surface area (Å²) in [6.07, 6.45) is -15.9. The van der Waals surface area contributed by atoms with Gasteiger partial charge in [-0.1, -0.05) is 72.8 Å². The highest BCUT2D eigenvalue weighted by Gasteiger charge is 2.55. The highest BCUT2D eigenvalue weighted by atomic mass is 16.8. The monoisotopic (exact) mass is 970 g/mol. The normalized spacial score (nSPS) is 23.8. The van der Waals surface area contributed by atoms with E-state index >= 15 is 0 Å². The number of hydrogen-bond acceptors (Lipinski definition) is 20. The van der Waals surface area contributed by atoms with Crippen LogP contribution in [0.25, 0.3) is 0 Å². The minimum atomic E-state index is -1.69. The molecule has 6 rings (SSSR count). The molecule has 0 saturated carbocycles. The van der Waals surface area contributed by atoms with Crippen LogP contribution in [0.2, 0.25) is 0 Å². The van der Waals surface area contributed by atoms with Crippen molar-refractivity contribution >= 4 is 47.8 Å². The number of hydrogen-bond donors (Lipinski definition) is 0. The van der Waals surface area contributed by atoms with E-state index in [0.717, 1.165) is 27.7 Å². The van der Waals surface area contributed by atoms with Crippen LogP contribution in [-0.4, -0.2) is 136 Å². The van der Waals surface area contributed by atoms with E-state index in [9.17, 15) is 38.4 Å². The smallest absolute Gasteiger partial charge is 0.338 e. The Morgan fingerprint density at radius 2 is 0.629 bits per heavy atom. The van der Waals surface area contributed by atoms with Gasteiger partial charge in [0.05, 0.1) is 35.5 Å². The molecular weight excluding hydrogens is 921 g/mol. The summed E-state index contributed by atoms with van der Waals surface area (Å²) in [7, 11) is 0. The molecule has 0 radical (unpaired) electrons. The molecule has 0 N–H and O–H groups in total. The number of ether oxygens (including phenoxy) is 12. The number of esters is 8. The molecule has 4 aromatic rings. The minimum absolute atomic E-state index is 0.0761. The van der Waals surface area contributed by atoms with Gasteiger partial charge in [0.25, 0.3) is 0 Å². The summed E-state index contributed by atoms with van der Waals surface area (Å²) in [6, 6.07) is 31.0. The van der Waals surface area contributed by atoms with Gasteiger partial charge in [0.2, 0.25) is 0 Å². The van der Waals surface area contributed by atoms with Crippen molar-refractivity contribution in [1.29, 1.82) is 0 Å². The van der Waals surface area contributed by atoms with Gasteiger partial charge in [-0.15, -0.1) is 0 Å². The average Bonchev–Trinajstić information content (AvgIpc) is 3.35. The Balaban J connectivity index is 1.33. The molecule has 0 aliphatic carbocycles. The first kappa shape index (κ1) is 51.9. The zero-order chi connectivity index (χ0) is 50.2. The van der Waals surface area contributed by atoms with E-state index in [-0.39, 0.29) is 22.3 Å². The third-order valence-corrected chi connectivity index (χ3v) is 10.3. The lowest BCUT2D eigenvalue weighted by molar-refractivity contribution is -0.317. The molecule has 10 atom stereocenters. The molecule has 2 aliphatic heterocycles. The molecule has 70 heavy (non-hydrogen) atoms. The van der Waals surface area contributed by atoms with Crippen LogP contribution in [0.15, 0.2) is 121 Å². The molecule has 20 nitrogen and oxygen atoms in total. The summed E-state index contributed by atoms with van der Waals surface area (Å²) < 4.78 is 70.3. The standard InChI is InChI=1S/C50H50O20/c1-29(51)61-27-37-39(63-31(3)53)41(67-45(55)33-17-9-5-10-18-33)43(69-47(57)35-21-13-7-14-22-35)49(65-37)59-25-26-60-50-44(70-48(58)36-23-15-8-16-24-36)42(68-46(56)34-19-11-6-12-20-34)40(64-32(4)54)38(66-50)28-62-30(2)52/h5-24,37-44,49-50H,25-28H2,1-4H3/t37-,38-,39-,40-,41+,42+,43+,44+,49+,50+/m1/s1. The second kappa shape index (κ2) is 25.2. The van der Waals surface area contributed by atoms with Crippen LogP contribution >= 0.6 is 0 Å². The summed E-state index contributed by atoms with van der Waals surface area (Å²) in [5.74, 6) is -6.85. The zero-order valence-corrected chi connectivity index (χ0v) is 38.3. The fourth-order valence-corrected chi connectivity index (χ4v) is 7.27. The van der Waals surface area contributed by atoms with Gasteiger partial charge in [-0.05, 0) is 48.5 Å². The van der Waals surface area contributed by atoms with Gasteiger partial charge in [-0.25, -0.2) is 19.2 Å². The van der Waals surface area contributed by atoms with Crippen LogP contribution in [0.5, 0.6) is 0 Å². The van der Waals surface area contributed by atoms with Crippen molar-refractivity contribution < 1.29 is 95.2 Å². The van der Waals surface area contributed by atoms with E-state index in [1.807, 2.05) is 0 Å². The van der Waals surface area contributed by atoms with Crippen LogP contribution in [0.4, 0.5) is 0 Å². The molecule has 0 spiro atoms. The maximum atomic E-state index is 13.7. The van der Waals surface area contributed by atoms with Crippen LogP contribution < -0.4 is 0 Å². The Morgan fingerprint density at radius 3 is 0.886 bits per heavy atom. The van der Waals surface area contributed by atoms with Gasteiger partial charge in [0.1, 0.15) is 25.4 Å². The highest BCUT2D eigenvalue weighted by molar-refractivity contribution is 5.91. The van der Waals surface area contributed by atoms with Gasteiger partial charge in [0, 0.05) is 27.7 Å². The number of carbonyl (C=O) groups is 8. The predicted molar refractivity (Wildman–Crippen MR) is 236 cm³/mol. The van der Waals surface area contributed by atoms with Gasteiger partial charge in [-0.3, -0.25) is 19.2 Å². The lowest BCUT2D eigenvalue weighted by Crippen LogP contribution is -2.63. The van der Waals surface area contributed by atoms with E-state index in [0.29, 0.717) is 0 Å². The first-order valence-electron chi connectivity index (χ1n) is 21.9. The third-order valence-electron chi connectivity index (χ3n) is 10.3. The SMILES string of the molecule is CC(=O)OC[C@H]1O[C@H](OCCO[C@H]2O[C@H](COC(C)=O)[C@@H](OC(C)=O)[C@H](OC(=O)c3ccccc3)[C@@H]2OC(=O)c2ccccc2)[C@@H](OC(=O)c2ccccc2)[C@@H](OC(=O)c2ccccc2)[C@@H]1OC(C)=O. The molecule has 370 valence electrons. The summed E-state index contributed by atoms with van der Waals surface area (Å²) in [5.41, 5.74) is 0.313. The molecular formula is C50H50O20. The van der Waals surface area contributed by atoms with Crippen LogP contribution in [-0.2, 0) is 76.0 Å². The fraction of sp³-hybridized carbons (Fsp3) is 0.360. The van der Waals surface area contributed by atoms with Crippen LogP contribution in [0.3, 0.4) is 0 Å². The zero-order valence-electron chi connectivity index (χ0n) is 38.3. The van der Waals surface area contributed by atoms with E-state index in [1.165, 1.54) is 48.5 Å². The maximum Gasteiger partial charge on any atom is 0.338 e. The van der Waals surface area contributed by atoms with E-state index in [2.05, 4.69) is 0 Å². The second-order valence-electron chi connectivity index (χ2n) is 15.5. The van der Waals surface area contributed by atoms with Crippen molar-refractivity contribution in [2.24, 2.45) is 0 Å². The third kappa shape index (κ3) is 14.5. The van der Waals surface area contributed by atoms with Crippen LogP contribution in [0, 0.1) is 0 Å². The lowest BCUT2D eigenvalue weighted by atomic mass is 9.97. The summed E-state index contributed by atoms with van der Waals surface area (Å²) in [5, 5.41) is 0. The highest BCUT2D eigenvalue weighted by Crippen LogP contribution is 2.33. The molecule has 0 bridgehead atoms. The Morgan fingerprint density at radius 1 is 0.357 bits per heavy atom. The quantitative estimate of drug-likeness (QED) is 0.0719. The summed E-state index contributed by atoms with van der Waals surface area (Å²) >= 11 is 0. The first-order valence-corrected chi connectivity index (χ1v) is 21.9. The number of carbonyl (C=O) groups excluding carboxylic acids is 8. The van der Waals surface area contributed by atoms with Gasteiger partial charge in [-0.2, -0.15) is 0 Å². The Kier molecular flexibility index (Phi) is 18.7. The molecule has 2 aliphatic rings. The molecule has 2 fully saturated rings.